The molecular weight excluding hydrogens is 222 g/mol. The van der Waals surface area contributed by atoms with Crippen LogP contribution in [0.25, 0.3) is 0 Å². The van der Waals surface area contributed by atoms with Gasteiger partial charge in [-0.3, -0.25) is 10.1 Å². The van der Waals surface area contributed by atoms with Crippen LogP contribution in [0.4, 0.5) is 11.4 Å². The Morgan fingerprint density at radius 2 is 2.33 bits per heavy atom. The van der Waals surface area contributed by atoms with Gasteiger partial charge in [0, 0.05) is 19.3 Å². The van der Waals surface area contributed by atoms with Crippen LogP contribution in [-0.2, 0) is 0 Å². The zero-order valence-corrected chi connectivity index (χ0v) is 8.39. The highest BCUT2D eigenvalue weighted by Gasteiger charge is 2.31. The molecule has 15 heavy (non-hydrogen) atoms. The molecule has 1 aromatic rings. The first-order valence-corrected chi connectivity index (χ1v) is 4.69. The molecule has 0 aromatic carbocycles. The first kappa shape index (κ1) is 10.1. The summed E-state index contributed by atoms with van der Waals surface area (Å²) in [6.07, 6.45) is 0.992. The molecule has 2 heterocycles. The molecule has 0 aliphatic carbocycles. The van der Waals surface area contributed by atoms with Crippen molar-refractivity contribution in [3.8, 4) is 0 Å². The molecule has 0 spiro atoms. The van der Waals surface area contributed by atoms with Crippen molar-refractivity contribution in [2.24, 2.45) is 0 Å². The minimum absolute atomic E-state index is 0.126. The van der Waals surface area contributed by atoms with E-state index in [1.165, 1.54) is 12.3 Å². The summed E-state index contributed by atoms with van der Waals surface area (Å²) in [5.74, 6) is 0. The van der Waals surface area contributed by atoms with Crippen LogP contribution in [0.2, 0.25) is 5.15 Å². The Kier molecular flexibility index (Phi) is 2.45. The number of hydrogen-bond donors (Lipinski definition) is 1. The standard InChI is InChI=1S/C8H8ClN3O3/c9-8-7(12(14)15)6(1-2-10-8)11-3-5(13)4-11/h1-2,5,13H,3-4H2. The van der Waals surface area contributed by atoms with Crippen LogP contribution in [0.1, 0.15) is 0 Å². The van der Waals surface area contributed by atoms with Crippen molar-refractivity contribution < 1.29 is 10.0 Å². The third kappa shape index (κ3) is 1.73. The lowest BCUT2D eigenvalue weighted by atomic mass is 10.1. The molecule has 0 atom stereocenters. The smallest absolute Gasteiger partial charge is 0.329 e. The van der Waals surface area contributed by atoms with Gasteiger partial charge in [0.05, 0.1) is 11.0 Å². The molecule has 0 saturated carbocycles. The van der Waals surface area contributed by atoms with Gasteiger partial charge in [0.1, 0.15) is 5.69 Å². The average Bonchev–Trinajstić information content (AvgIpc) is 2.12. The van der Waals surface area contributed by atoms with Crippen LogP contribution in [0.15, 0.2) is 12.3 Å². The number of hydrogen-bond acceptors (Lipinski definition) is 5. The molecule has 0 bridgehead atoms. The number of β-amino-alcohol motifs (C(OH)–C–C–N with tert-alkyl or cyclic N) is 1. The molecule has 7 heteroatoms. The molecule has 0 amide bonds. The third-order valence-corrected chi connectivity index (χ3v) is 2.52. The summed E-state index contributed by atoms with van der Waals surface area (Å²) < 4.78 is 0. The van der Waals surface area contributed by atoms with E-state index in [2.05, 4.69) is 4.98 Å². The number of nitrogens with zero attached hydrogens (tertiary/aromatic N) is 3. The van der Waals surface area contributed by atoms with Gasteiger partial charge >= 0.3 is 5.69 Å². The highest BCUT2D eigenvalue weighted by atomic mass is 35.5. The van der Waals surface area contributed by atoms with Crippen molar-refractivity contribution in [3.05, 3.63) is 27.5 Å². The van der Waals surface area contributed by atoms with Gasteiger partial charge in [-0.1, -0.05) is 11.6 Å². The maximum absolute atomic E-state index is 10.8. The molecule has 2 rings (SSSR count). The number of aromatic nitrogens is 1. The van der Waals surface area contributed by atoms with Crippen LogP contribution in [0.3, 0.4) is 0 Å². The number of aliphatic hydroxyl groups is 1. The van der Waals surface area contributed by atoms with Gasteiger partial charge in [-0.25, -0.2) is 4.98 Å². The predicted octanol–water partition coefficient (Wildman–Crippen LogP) is 0.824. The fourth-order valence-corrected chi connectivity index (χ4v) is 1.72. The zero-order chi connectivity index (χ0) is 11.0. The molecule has 1 aromatic heterocycles. The van der Waals surface area contributed by atoms with E-state index < -0.39 is 11.0 Å². The number of halogens is 1. The highest BCUT2D eigenvalue weighted by molar-refractivity contribution is 6.32. The summed E-state index contributed by atoms with van der Waals surface area (Å²) >= 11 is 5.64. The van der Waals surface area contributed by atoms with Crippen molar-refractivity contribution in [2.45, 2.75) is 6.10 Å². The zero-order valence-electron chi connectivity index (χ0n) is 7.63. The molecule has 1 saturated heterocycles. The van der Waals surface area contributed by atoms with Crippen LogP contribution in [0, 0.1) is 10.1 Å². The van der Waals surface area contributed by atoms with E-state index in [0.29, 0.717) is 18.8 Å². The van der Waals surface area contributed by atoms with Crippen molar-refractivity contribution in [1.29, 1.82) is 0 Å². The fraction of sp³-hybridized carbons (Fsp3) is 0.375. The fourth-order valence-electron chi connectivity index (χ4n) is 1.50. The molecule has 1 aliphatic rings. The Morgan fingerprint density at radius 3 is 2.87 bits per heavy atom. The van der Waals surface area contributed by atoms with Crippen LogP contribution >= 0.6 is 11.6 Å². The number of pyridine rings is 1. The SMILES string of the molecule is O=[N+]([O-])c1c(N2CC(O)C2)ccnc1Cl. The van der Waals surface area contributed by atoms with E-state index in [1.807, 2.05) is 0 Å². The summed E-state index contributed by atoms with van der Waals surface area (Å²) in [5, 5.41) is 19.8. The maximum atomic E-state index is 10.8. The van der Waals surface area contributed by atoms with Gasteiger partial charge in [-0.05, 0) is 6.07 Å². The second-order valence-corrected chi connectivity index (χ2v) is 3.64. The Hall–Kier alpha value is -1.40. The lowest BCUT2D eigenvalue weighted by Crippen LogP contribution is -2.51. The monoisotopic (exact) mass is 229 g/mol. The van der Waals surface area contributed by atoms with Gasteiger partial charge in [0.15, 0.2) is 0 Å². The van der Waals surface area contributed by atoms with Crippen molar-refractivity contribution >= 4 is 23.0 Å². The normalized spacial score (nSPS) is 16.3. The van der Waals surface area contributed by atoms with Crippen LogP contribution in [0.5, 0.6) is 0 Å². The number of nitro groups is 1. The van der Waals surface area contributed by atoms with Gasteiger partial charge in [-0.2, -0.15) is 0 Å². The van der Waals surface area contributed by atoms with Crippen LogP contribution < -0.4 is 4.90 Å². The topological polar surface area (TPSA) is 79.5 Å². The molecular formula is C8H8ClN3O3. The van der Waals surface area contributed by atoms with E-state index in [-0.39, 0.29) is 10.8 Å². The van der Waals surface area contributed by atoms with E-state index in [9.17, 15) is 10.1 Å². The van der Waals surface area contributed by atoms with E-state index in [4.69, 9.17) is 16.7 Å². The number of rotatable bonds is 2. The molecule has 1 N–H and O–H groups in total. The molecule has 0 unspecified atom stereocenters. The van der Waals surface area contributed by atoms with E-state index >= 15 is 0 Å². The minimum Gasteiger partial charge on any atom is -0.389 e. The first-order chi connectivity index (χ1) is 7.09. The average molecular weight is 230 g/mol. The van der Waals surface area contributed by atoms with Crippen molar-refractivity contribution in [3.63, 3.8) is 0 Å². The van der Waals surface area contributed by atoms with Crippen LogP contribution in [-0.4, -0.2) is 34.2 Å². The maximum Gasteiger partial charge on any atom is 0.329 e. The Bertz CT molecular complexity index is 406. The summed E-state index contributed by atoms with van der Waals surface area (Å²) in [4.78, 5) is 15.5. The van der Waals surface area contributed by atoms with Gasteiger partial charge < -0.3 is 10.0 Å². The second-order valence-electron chi connectivity index (χ2n) is 3.29. The summed E-state index contributed by atoms with van der Waals surface area (Å²) in [7, 11) is 0. The highest BCUT2D eigenvalue weighted by Crippen LogP contribution is 2.35. The minimum atomic E-state index is -0.560. The van der Waals surface area contributed by atoms with E-state index in [0.717, 1.165) is 0 Å². The van der Waals surface area contributed by atoms with Crippen molar-refractivity contribution in [1.82, 2.24) is 4.98 Å². The second kappa shape index (κ2) is 3.63. The Balaban J connectivity index is 2.38. The summed E-state index contributed by atoms with van der Waals surface area (Å²) in [5.41, 5.74) is 0.205. The predicted molar refractivity (Wildman–Crippen MR) is 54.1 cm³/mol. The van der Waals surface area contributed by atoms with E-state index in [1.54, 1.807) is 4.90 Å². The quantitative estimate of drug-likeness (QED) is 0.462. The van der Waals surface area contributed by atoms with Gasteiger partial charge in [0.25, 0.3) is 0 Å². The largest absolute Gasteiger partial charge is 0.389 e. The number of anilines is 1. The lowest BCUT2D eigenvalue weighted by Gasteiger charge is -2.37. The van der Waals surface area contributed by atoms with Gasteiger partial charge in [0.2, 0.25) is 5.15 Å². The van der Waals surface area contributed by atoms with Gasteiger partial charge in [-0.15, -0.1) is 0 Å². The van der Waals surface area contributed by atoms with Crippen molar-refractivity contribution in [2.75, 3.05) is 18.0 Å². The molecule has 0 radical (unpaired) electrons. The summed E-state index contributed by atoms with van der Waals surface area (Å²) in [6.45, 7) is 0.780. The third-order valence-electron chi connectivity index (χ3n) is 2.24. The molecule has 1 fully saturated rings. The Labute approximate surface area is 90.3 Å². The first-order valence-electron chi connectivity index (χ1n) is 4.31. The summed E-state index contributed by atoms with van der Waals surface area (Å²) in [6, 6.07) is 1.52. The molecule has 80 valence electrons. The molecule has 1 aliphatic heterocycles. The lowest BCUT2D eigenvalue weighted by molar-refractivity contribution is -0.384. The molecule has 6 nitrogen and oxygen atoms in total. The Morgan fingerprint density at radius 1 is 1.67 bits per heavy atom. The number of aliphatic hydroxyl groups excluding tert-OH is 1.